The minimum atomic E-state index is -0.0622. The maximum Gasteiger partial charge on any atom is 0.266 e. The van der Waals surface area contributed by atoms with E-state index >= 15 is 0 Å². The molecule has 2 N–H and O–H groups in total. The summed E-state index contributed by atoms with van der Waals surface area (Å²) in [6, 6.07) is 12.8. The quantitative estimate of drug-likeness (QED) is 0.194. The fourth-order valence-corrected chi connectivity index (χ4v) is 6.54. The maximum atomic E-state index is 13.4. The lowest BCUT2D eigenvalue weighted by Gasteiger charge is -2.26. The third-order valence-corrected chi connectivity index (χ3v) is 8.89. The second kappa shape index (κ2) is 13.1. The van der Waals surface area contributed by atoms with Gasteiger partial charge < -0.3 is 14.8 Å². The number of fused-ring (bicyclic) bond motifs is 1. The number of hydrogen-bond donors (Lipinski definition) is 2. The van der Waals surface area contributed by atoms with Crippen LogP contribution in [0.4, 0.5) is 5.69 Å². The second-order valence-electron chi connectivity index (χ2n) is 10.2. The molecule has 3 aliphatic heterocycles. The number of hydrogen-bond acceptors (Lipinski definition) is 10. The Bertz CT molecular complexity index is 1420. The summed E-state index contributed by atoms with van der Waals surface area (Å²) in [4.78, 5) is 18.1. The number of carbonyl (C=O) groups is 1. The Morgan fingerprint density at radius 1 is 1.10 bits per heavy atom. The van der Waals surface area contributed by atoms with Crippen molar-refractivity contribution in [2.24, 2.45) is 0 Å². The molecule has 2 fully saturated rings. The van der Waals surface area contributed by atoms with Crippen molar-refractivity contribution >= 4 is 46.0 Å². The lowest BCUT2D eigenvalue weighted by molar-refractivity contribution is -0.122. The van der Waals surface area contributed by atoms with Crippen molar-refractivity contribution in [3.63, 3.8) is 0 Å². The number of thiocarbonyl (C=S) groups is 1. The molecule has 2 saturated heterocycles. The number of rotatable bonds is 11. The number of anilines is 1. The number of thioether (sulfide) groups is 1. The first kappa shape index (κ1) is 27.8. The van der Waals surface area contributed by atoms with E-state index in [-0.39, 0.29) is 5.91 Å². The van der Waals surface area contributed by atoms with Crippen LogP contribution in [0.1, 0.15) is 29.8 Å². The van der Waals surface area contributed by atoms with Crippen LogP contribution in [0.5, 0.6) is 5.75 Å². The van der Waals surface area contributed by atoms with Gasteiger partial charge in [-0.05, 0) is 66.3 Å². The molecule has 0 radical (unpaired) electrons. The number of unbranched alkanes of at least 4 members (excludes halogenated alkanes) is 1. The van der Waals surface area contributed by atoms with Gasteiger partial charge in [-0.3, -0.25) is 14.6 Å². The fourth-order valence-electron chi connectivity index (χ4n) is 5.24. The molecule has 2 aromatic carbocycles. The van der Waals surface area contributed by atoms with Crippen molar-refractivity contribution in [2.75, 3.05) is 57.9 Å². The smallest absolute Gasteiger partial charge is 0.266 e. The van der Waals surface area contributed by atoms with Gasteiger partial charge in [-0.25, -0.2) is 0 Å². The van der Waals surface area contributed by atoms with Gasteiger partial charge in [0.15, 0.2) is 5.82 Å². The number of nitrogens with one attached hydrogen (secondary N) is 2. The molecule has 214 valence electrons. The molecule has 10 nitrogen and oxygen atoms in total. The van der Waals surface area contributed by atoms with Crippen LogP contribution in [0.15, 0.2) is 41.3 Å². The van der Waals surface area contributed by atoms with Gasteiger partial charge in [-0.15, -0.1) is 10.2 Å². The highest BCUT2D eigenvalue weighted by Crippen LogP contribution is 2.37. The molecule has 3 aliphatic rings. The van der Waals surface area contributed by atoms with E-state index in [1.54, 1.807) is 4.90 Å². The highest BCUT2D eigenvalue weighted by molar-refractivity contribution is 8.26. The molecule has 4 heterocycles. The van der Waals surface area contributed by atoms with E-state index in [4.69, 9.17) is 21.7 Å². The topological polar surface area (TPSA) is 109 Å². The van der Waals surface area contributed by atoms with Crippen molar-refractivity contribution in [1.82, 2.24) is 30.4 Å². The zero-order chi connectivity index (χ0) is 28.0. The van der Waals surface area contributed by atoms with Gasteiger partial charge in [0.2, 0.25) is 0 Å². The minimum Gasteiger partial charge on any atom is -0.492 e. The van der Waals surface area contributed by atoms with Gasteiger partial charge in [0.1, 0.15) is 16.7 Å². The summed E-state index contributed by atoms with van der Waals surface area (Å²) in [7, 11) is 0. The molecule has 0 bridgehead atoms. The number of aryl methyl sites for hydroxylation is 1. The highest BCUT2D eigenvalue weighted by atomic mass is 32.2. The average molecular weight is 592 g/mol. The molecule has 1 amide bonds. The molecule has 0 unspecified atom stereocenters. The Labute approximate surface area is 248 Å². The van der Waals surface area contributed by atoms with Crippen LogP contribution in [-0.4, -0.2) is 93.2 Å². The van der Waals surface area contributed by atoms with Crippen LogP contribution in [-0.2, 0) is 22.4 Å². The van der Waals surface area contributed by atoms with E-state index < -0.39 is 0 Å². The Morgan fingerprint density at radius 2 is 1.95 bits per heavy atom. The molecule has 12 heteroatoms. The standard InChI is InChI=1S/C29H33N7O3S2/c37-28-26(41-29(40)36(28)10-2-1-3-27-31-33-34-32-27)19-23-18-21(20-4-6-24-22(17-20)8-9-30-24)5-7-25(23)39-16-13-35-11-14-38-15-12-35/h4-7,17-19,30H,1-3,8-16H2,(H,31,32,33,34)/b26-19-. The van der Waals surface area contributed by atoms with E-state index in [0.29, 0.717) is 34.6 Å². The van der Waals surface area contributed by atoms with Gasteiger partial charge in [0.25, 0.3) is 5.91 Å². The Kier molecular flexibility index (Phi) is 8.90. The van der Waals surface area contributed by atoms with Gasteiger partial charge in [-0.2, -0.15) is 5.21 Å². The maximum absolute atomic E-state index is 13.4. The van der Waals surface area contributed by atoms with Crippen LogP contribution < -0.4 is 10.1 Å². The van der Waals surface area contributed by atoms with E-state index in [0.717, 1.165) is 81.1 Å². The third-order valence-electron chi connectivity index (χ3n) is 7.51. The summed E-state index contributed by atoms with van der Waals surface area (Å²) in [5, 5.41) is 17.5. The molecule has 0 aliphatic carbocycles. The molecule has 0 spiro atoms. The Morgan fingerprint density at radius 3 is 2.80 bits per heavy atom. The first-order chi connectivity index (χ1) is 20.1. The zero-order valence-electron chi connectivity index (χ0n) is 22.8. The van der Waals surface area contributed by atoms with Gasteiger partial charge in [-0.1, -0.05) is 41.3 Å². The zero-order valence-corrected chi connectivity index (χ0v) is 24.4. The number of aromatic nitrogens is 4. The van der Waals surface area contributed by atoms with Gasteiger partial charge in [0.05, 0.1) is 18.1 Å². The molecule has 6 rings (SSSR count). The van der Waals surface area contributed by atoms with Crippen LogP contribution >= 0.6 is 24.0 Å². The molecule has 3 aromatic rings. The second-order valence-corrected chi connectivity index (χ2v) is 11.9. The largest absolute Gasteiger partial charge is 0.492 e. The van der Waals surface area contributed by atoms with Crippen LogP contribution in [0.2, 0.25) is 0 Å². The van der Waals surface area contributed by atoms with Gasteiger partial charge in [0, 0.05) is 50.4 Å². The number of benzene rings is 2. The number of H-pyrrole nitrogens is 1. The first-order valence-electron chi connectivity index (χ1n) is 14.1. The van der Waals surface area contributed by atoms with Crippen molar-refractivity contribution in [3.8, 4) is 16.9 Å². The summed E-state index contributed by atoms with van der Waals surface area (Å²) in [5.74, 6) is 1.37. The van der Waals surface area contributed by atoms with Crippen molar-refractivity contribution in [1.29, 1.82) is 0 Å². The molecular weight excluding hydrogens is 558 g/mol. The van der Waals surface area contributed by atoms with Crippen molar-refractivity contribution < 1.29 is 14.3 Å². The first-order valence-corrected chi connectivity index (χ1v) is 15.3. The summed E-state index contributed by atoms with van der Waals surface area (Å²) < 4.78 is 12.3. The number of aromatic amines is 1. The van der Waals surface area contributed by atoms with Crippen molar-refractivity contribution in [2.45, 2.75) is 25.7 Å². The normalized spacial score (nSPS) is 18.2. The van der Waals surface area contributed by atoms with E-state index in [1.807, 2.05) is 12.1 Å². The summed E-state index contributed by atoms with van der Waals surface area (Å²) >= 11 is 6.95. The monoisotopic (exact) mass is 591 g/mol. The number of tetrazole rings is 1. The predicted octanol–water partition coefficient (Wildman–Crippen LogP) is 3.77. The van der Waals surface area contributed by atoms with Crippen LogP contribution in [0.3, 0.4) is 0 Å². The lowest BCUT2D eigenvalue weighted by atomic mass is 9.99. The summed E-state index contributed by atoms with van der Waals surface area (Å²) in [6.07, 6.45) is 5.30. The molecular formula is C29H33N7O3S2. The average Bonchev–Trinajstić information content (AvgIpc) is 3.74. The van der Waals surface area contributed by atoms with Crippen LogP contribution in [0.25, 0.3) is 17.2 Å². The lowest BCUT2D eigenvalue weighted by Crippen LogP contribution is -2.38. The van der Waals surface area contributed by atoms with E-state index in [1.165, 1.54) is 23.0 Å². The van der Waals surface area contributed by atoms with Crippen LogP contribution in [0, 0.1) is 0 Å². The SMILES string of the molecule is O=C1/C(=C/c2cc(-c3ccc4c(c3)CCN4)ccc2OCCN2CCOCC2)SC(=S)N1CCCCc1nn[nH]n1. The number of amides is 1. The Hall–Kier alpha value is -3.32. The number of nitrogens with zero attached hydrogens (tertiary/aromatic N) is 5. The van der Waals surface area contributed by atoms with E-state index in [9.17, 15) is 4.79 Å². The van der Waals surface area contributed by atoms with Gasteiger partial charge >= 0.3 is 0 Å². The molecule has 41 heavy (non-hydrogen) atoms. The number of morpholine rings is 1. The minimum absolute atomic E-state index is 0.0622. The van der Waals surface area contributed by atoms with Crippen molar-refractivity contribution in [3.05, 3.63) is 58.3 Å². The number of carbonyl (C=O) groups excluding carboxylic acids is 1. The van der Waals surface area contributed by atoms with E-state index in [2.05, 4.69) is 61.2 Å². The molecule has 1 aromatic heterocycles. The highest BCUT2D eigenvalue weighted by Gasteiger charge is 2.32. The summed E-state index contributed by atoms with van der Waals surface area (Å²) in [6.45, 7) is 6.27. The molecule has 0 atom stereocenters. The Balaban J connectivity index is 1.19. The summed E-state index contributed by atoms with van der Waals surface area (Å²) in [5.41, 5.74) is 5.65. The number of ether oxygens (including phenoxy) is 2. The fraction of sp³-hybridized carbons (Fsp3) is 0.414. The molecule has 0 saturated carbocycles. The predicted molar refractivity (Wildman–Crippen MR) is 164 cm³/mol. The third kappa shape index (κ3) is 6.78.